The number of carbonyl (C=O) groups is 3. The van der Waals surface area contributed by atoms with Crippen molar-refractivity contribution in [1.29, 1.82) is 0 Å². The second-order valence-electron chi connectivity index (χ2n) is 7.14. The van der Waals surface area contributed by atoms with Crippen LogP contribution >= 0.6 is 0 Å². The molecule has 182 valence electrons. The lowest BCUT2D eigenvalue weighted by atomic mass is 10.3. The molecular formula is C21H35N3O7S. The highest BCUT2D eigenvalue weighted by molar-refractivity contribution is 7.91. The van der Waals surface area contributed by atoms with E-state index in [9.17, 15) is 13.2 Å². The summed E-state index contributed by atoms with van der Waals surface area (Å²) >= 11 is 0. The lowest BCUT2D eigenvalue weighted by Crippen LogP contribution is -2.46. The molecule has 1 aromatic carbocycles. The predicted octanol–water partition coefficient (Wildman–Crippen LogP) is 1.77. The van der Waals surface area contributed by atoms with Gasteiger partial charge in [0.15, 0.2) is 9.84 Å². The Kier molecular flexibility index (Phi) is 13.9. The van der Waals surface area contributed by atoms with Gasteiger partial charge in [0.2, 0.25) is 0 Å². The molecule has 1 aromatic rings. The lowest BCUT2D eigenvalue weighted by Gasteiger charge is -2.27. The molecule has 0 aliphatic rings. The minimum Gasteiger partial charge on any atom is -0.473 e. The minimum atomic E-state index is -3.31. The molecule has 0 aliphatic carbocycles. The van der Waals surface area contributed by atoms with Gasteiger partial charge < -0.3 is 25.3 Å². The van der Waals surface area contributed by atoms with E-state index in [1.807, 2.05) is 13.8 Å². The first-order chi connectivity index (χ1) is 15.0. The van der Waals surface area contributed by atoms with Crippen LogP contribution in [-0.2, 0) is 19.4 Å². The second kappa shape index (κ2) is 15.2. The van der Waals surface area contributed by atoms with Crippen LogP contribution in [0.25, 0.3) is 0 Å². The molecule has 0 atom stereocenters. The molecule has 0 radical (unpaired) electrons. The van der Waals surface area contributed by atoms with Crippen molar-refractivity contribution in [2.75, 3.05) is 38.5 Å². The van der Waals surface area contributed by atoms with Gasteiger partial charge in [-0.05, 0) is 45.5 Å². The number of carboxylic acids is 2. The Bertz CT molecular complexity index is 798. The summed E-state index contributed by atoms with van der Waals surface area (Å²) in [4.78, 5) is 34.9. The van der Waals surface area contributed by atoms with Crippen molar-refractivity contribution in [3.63, 3.8) is 0 Å². The Labute approximate surface area is 190 Å². The van der Waals surface area contributed by atoms with Gasteiger partial charge in [-0.3, -0.25) is 0 Å². The van der Waals surface area contributed by atoms with E-state index in [-0.39, 0.29) is 17.8 Å². The number of likely N-dealkylation sites (N-methyl/N-ethyl adjacent to an activating group) is 1. The van der Waals surface area contributed by atoms with Crippen LogP contribution < -0.4 is 5.32 Å². The van der Waals surface area contributed by atoms with Crippen LogP contribution in [0.5, 0.6) is 0 Å². The summed E-state index contributed by atoms with van der Waals surface area (Å²) in [6.07, 6.45) is 0.416. The summed E-state index contributed by atoms with van der Waals surface area (Å²) in [5.74, 6) is -3.61. The Hall–Kier alpha value is -2.66. The van der Waals surface area contributed by atoms with E-state index < -0.39 is 21.8 Å². The normalized spacial score (nSPS) is 10.9. The maximum Gasteiger partial charge on any atom is 0.414 e. The monoisotopic (exact) mass is 473 g/mol. The van der Waals surface area contributed by atoms with Crippen molar-refractivity contribution in [1.82, 2.24) is 15.1 Å². The van der Waals surface area contributed by atoms with Gasteiger partial charge >= 0.3 is 18.0 Å². The number of hydrogen-bond acceptors (Lipinski definition) is 6. The average Bonchev–Trinajstić information content (AvgIpc) is 2.75. The second-order valence-corrected chi connectivity index (χ2v) is 9.25. The summed E-state index contributed by atoms with van der Waals surface area (Å²) in [7, 11) is -3.31. The van der Waals surface area contributed by atoms with E-state index in [2.05, 4.69) is 24.1 Å². The van der Waals surface area contributed by atoms with E-state index in [0.717, 1.165) is 19.6 Å². The summed E-state index contributed by atoms with van der Waals surface area (Å²) < 4.78 is 24.7. The molecule has 2 amide bonds. The number of amides is 2. The molecule has 0 spiro atoms. The van der Waals surface area contributed by atoms with Crippen LogP contribution in [0.1, 0.15) is 34.1 Å². The quantitative estimate of drug-likeness (QED) is 0.412. The van der Waals surface area contributed by atoms with E-state index >= 15 is 0 Å². The molecule has 0 saturated heterocycles. The molecule has 0 fully saturated rings. The third kappa shape index (κ3) is 11.7. The minimum absolute atomic E-state index is 0.0166. The molecule has 1 rings (SSSR count). The Balaban J connectivity index is 0.00000140. The fourth-order valence-electron chi connectivity index (χ4n) is 2.73. The molecule has 0 aliphatic heterocycles. The van der Waals surface area contributed by atoms with Crippen LogP contribution in [0.15, 0.2) is 35.2 Å². The van der Waals surface area contributed by atoms with Crippen LogP contribution in [-0.4, -0.2) is 90.9 Å². The summed E-state index contributed by atoms with van der Waals surface area (Å²) in [5.41, 5.74) is 0. The molecule has 11 heteroatoms. The highest BCUT2D eigenvalue weighted by Gasteiger charge is 2.19. The van der Waals surface area contributed by atoms with Crippen LogP contribution in [0.3, 0.4) is 0 Å². The summed E-state index contributed by atoms with van der Waals surface area (Å²) in [5, 5.41) is 17.7. The number of nitrogens with one attached hydrogen (secondary N) is 1. The van der Waals surface area contributed by atoms with E-state index in [0.29, 0.717) is 24.4 Å². The molecule has 3 N–H and O–H groups in total. The van der Waals surface area contributed by atoms with Gasteiger partial charge in [0, 0.05) is 25.7 Å². The van der Waals surface area contributed by atoms with Crippen molar-refractivity contribution >= 4 is 27.8 Å². The maximum absolute atomic E-state index is 12.4. The molecule has 0 saturated carbocycles. The topological polar surface area (TPSA) is 144 Å². The zero-order valence-corrected chi connectivity index (χ0v) is 20.0. The zero-order chi connectivity index (χ0) is 24.7. The number of benzene rings is 1. The SMILES string of the molecule is CCN(CC)CCNC(=O)N(CCCS(=O)(=O)c1ccccc1)C(C)C.O=C(O)C(=O)O. The first-order valence-electron chi connectivity index (χ1n) is 10.5. The van der Waals surface area contributed by atoms with Gasteiger partial charge in [0.25, 0.3) is 0 Å². The number of carboxylic acid groups (broad SMARTS) is 2. The number of hydrogen-bond donors (Lipinski definition) is 3. The van der Waals surface area contributed by atoms with Crippen molar-refractivity contribution in [2.45, 2.75) is 45.1 Å². The molecule has 0 unspecified atom stereocenters. The average molecular weight is 474 g/mol. The van der Waals surface area contributed by atoms with Crippen molar-refractivity contribution < 1.29 is 33.0 Å². The number of nitrogens with zero attached hydrogens (tertiary/aromatic N) is 2. The summed E-state index contributed by atoms with van der Waals surface area (Å²) in [6.45, 7) is 11.8. The fraction of sp³-hybridized carbons (Fsp3) is 0.571. The highest BCUT2D eigenvalue weighted by atomic mass is 32.2. The summed E-state index contributed by atoms with van der Waals surface area (Å²) in [6, 6.07) is 8.33. The number of urea groups is 1. The van der Waals surface area contributed by atoms with E-state index in [1.54, 1.807) is 35.2 Å². The van der Waals surface area contributed by atoms with Crippen molar-refractivity contribution in [3.05, 3.63) is 30.3 Å². The standard InChI is InChI=1S/C19H33N3O3S.C2H2O4/c1-5-21(6-2)15-13-20-19(23)22(17(3)4)14-10-16-26(24,25)18-11-8-7-9-12-18;3-1(4)2(5)6/h7-9,11-12,17H,5-6,10,13-16H2,1-4H3,(H,20,23);(H,3,4)(H,5,6). The van der Waals surface area contributed by atoms with Crippen LogP contribution in [0.4, 0.5) is 4.79 Å². The van der Waals surface area contributed by atoms with Crippen LogP contribution in [0, 0.1) is 0 Å². The zero-order valence-electron chi connectivity index (χ0n) is 19.2. The number of rotatable bonds is 11. The maximum atomic E-state index is 12.4. The first kappa shape index (κ1) is 29.3. The first-order valence-corrected chi connectivity index (χ1v) is 12.1. The van der Waals surface area contributed by atoms with Crippen molar-refractivity contribution in [2.24, 2.45) is 0 Å². The predicted molar refractivity (Wildman–Crippen MR) is 121 cm³/mol. The van der Waals surface area contributed by atoms with Gasteiger partial charge in [-0.2, -0.15) is 0 Å². The highest BCUT2D eigenvalue weighted by Crippen LogP contribution is 2.12. The van der Waals surface area contributed by atoms with Gasteiger partial charge in [-0.1, -0.05) is 32.0 Å². The van der Waals surface area contributed by atoms with Gasteiger partial charge in [-0.15, -0.1) is 0 Å². The Morgan fingerprint density at radius 3 is 1.94 bits per heavy atom. The number of sulfone groups is 1. The molecule has 0 bridgehead atoms. The van der Waals surface area contributed by atoms with E-state index in [1.165, 1.54) is 0 Å². The van der Waals surface area contributed by atoms with Gasteiger partial charge in [0.1, 0.15) is 0 Å². The molecule has 32 heavy (non-hydrogen) atoms. The fourth-order valence-corrected chi connectivity index (χ4v) is 4.04. The Morgan fingerprint density at radius 2 is 1.50 bits per heavy atom. The van der Waals surface area contributed by atoms with Crippen molar-refractivity contribution in [3.8, 4) is 0 Å². The third-order valence-corrected chi connectivity index (χ3v) is 6.40. The van der Waals surface area contributed by atoms with Gasteiger partial charge in [0.05, 0.1) is 10.6 Å². The number of carbonyl (C=O) groups excluding carboxylic acids is 1. The van der Waals surface area contributed by atoms with Gasteiger partial charge in [-0.25, -0.2) is 22.8 Å². The lowest BCUT2D eigenvalue weighted by molar-refractivity contribution is -0.159. The molecule has 10 nitrogen and oxygen atoms in total. The smallest absolute Gasteiger partial charge is 0.414 e. The van der Waals surface area contributed by atoms with E-state index in [4.69, 9.17) is 19.8 Å². The molecule has 0 aromatic heterocycles. The molecular weight excluding hydrogens is 438 g/mol. The molecule has 0 heterocycles. The number of aliphatic carboxylic acids is 2. The third-order valence-electron chi connectivity index (χ3n) is 4.58. The van der Waals surface area contributed by atoms with Crippen LogP contribution in [0.2, 0.25) is 0 Å². The largest absolute Gasteiger partial charge is 0.473 e. The Morgan fingerprint density at radius 1 is 0.969 bits per heavy atom.